The minimum atomic E-state index is -0.426. The molecule has 1 N–H and O–H groups in total. The van der Waals surface area contributed by atoms with Crippen molar-refractivity contribution in [3.63, 3.8) is 0 Å². The molecule has 0 radical (unpaired) electrons. The number of nitrogens with one attached hydrogen (secondary N) is 1. The highest BCUT2D eigenvalue weighted by Gasteiger charge is 2.17. The lowest BCUT2D eigenvalue weighted by Gasteiger charge is -2.13. The van der Waals surface area contributed by atoms with E-state index in [2.05, 4.69) is 5.32 Å². The van der Waals surface area contributed by atoms with E-state index >= 15 is 0 Å². The molecule has 3 aromatic rings. The molecule has 1 amide bonds. The molecule has 2 aromatic carbocycles. The van der Waals surface area contributed by atoms with Crippen LogP contribution in [-0.2, 0) is 7.05 Å². The van der Waals surface area contributed by atoms with Gasteiger partial charge in [0.25, 0.3) is 11.5 Å². The molecular weight excluding hydrogens is 339 g/mol. The third-order valence-electron chi connectivity index (χ3n) is 4.03. The first-order valence-corrected chi connectivity index (χ1v) is 7.77. The highest BCUT2D eigenvalue weighted by molar-refractivity contribution is 6.13. The van der Waals surface area contributed by atoms with Crippen molar-refractivity contribution in [3.05, 3.63) is 64.3 Å². The molecule has 0 saturated carbocycles. The van der Waals surface area contributed by atoms with Crippen molar-refractivity contribution in [1.29, 1.82) is 0 Å². The second-order valence-electron chi connectivity index (χ2n) is 5.67. The van der Waals surface area contributed by atoms with Crippen LogP contribution in [0.5, 0.6) is 11.5 Å². The predicted molar refractivity (Wildman–Crippen MR) is 96.6 cm³/mol. The summed E-state index contributed by atoms with van der Waals surface area (Å²) in [5.41, 5.74) is 0.463. The number of amides is 1. The Kier molecular flexibility index (Phi) is 4.62. The maximum Gasteiger partial charge on any atom is 0.258 e. The highest BCUT2D eigenvalue weighted by atomic mass is 19.1. The van der Waals surface area contributed by atoms with Gasteiger partial charge in [-0.25, -0.2) is 4.39 Å². The van der Waals surface area contributed by atoms with Gasteiger partial charge >= 0.3 is 0 Å². The molecule has 0 fully saturated rings. The molecule has 3 rings (SSSR count). The van der Waals surface area contributed by atoms with Crippen LogP contribution in [0.1, 0.15) is 10.4 Å². The lowest BCUT2D eigenvalue weighted by Crippen LogP contribution is -2.21. The Bertz CT molecular complexity index is 1040. The number of fused-ring (bicyclic) bond motifs is 1. The Morgan fingerprint density at radius 3 is 2.19 bits per heavy atom. The summed E-state index contributed by atoms with van der Waals surface area (Å²) in [7, 11) is 4.51. The minimum Gasteiger partial charge on any atom is -0.493 e. The summed E-state index contributed by atoms with van der Waals surface area (Å²) < 4.78 is 24.9. The first kappa shape index (κ1) is 17.5. The predicted octanol–water partition coefficient (Wildman–Crippen LogP) is 2.95. The number of hydrogen-bond acceptors (Lipinski definition) is 4. The number of pyridine rings is 1. The molecule has 0 aliphatic rings. The van der Waals surface area contributed by atoms with Crippen LogP contribution in [0.2, 0.25) is 0 Å². The second-order valence-corrected chi connectivity index (χ2v) is 5.67. The summed E-state index contributed by atoms with van der Waals surface area (Å²) in [5, 5.41) is 3.46. The monoisotopic (exact) mass is 356 g/mol. The van der Waals surface area contributed by atoms with Crippen LogP contribution in [-0.4, -0.2) is 24.7 Å². The number of rotatable bonds is 4. The molecule has 0 atom stereocenters. The molecule has 0 spiro atoms. The number of ether oxygens (including phenoxy) is 2. The van der Waals surface area contributed by atoms with Gasteiger partial charge in [0, 0.05) is 24.3 Å². The number of benzene rings is 2. The Balaban J connectivity index is 2.15. The summed E-state index contributed by atoms with van der Waals surface area (Å²) in [5.74, 6) is -0.0194. The van der Waals surface area contributed by atoms with Gasteiger partial charge in [0.2, 0.25) is 0 Å². The fourth-order valence-corrected chi connectivity index (χ4v) is 2.70. The number of anilines is 1. The van der Waals surface area contributed by atoms with Crippen molar-refractivity contribution in [1.82, 2.24) is 4.57 Å². The molecule has 0 unspecified atom stereocenters. The second kappa shape index (κ2) is 6.87. The van der Waals surface area contributed by atoms with E-state index in [4.69, 9.17) is 9.47 Å². The third kappa shape index (κ3) is 3.11. The van der Waals surface area contributed by atoms with Gasteiger partial charge in [-0.15, -0.1) is 0 Å². The van der Waals surface area contributed by atoms with Gasteiger partial charge in [0.1, 0.15) is 5.82 Å². The number of nitrogens with zero attached hydrogens (tertiary/aromatic N) is 1. The zero-order valence-electron chi connectivity index (χ0n) is 14.5. The summed E-state index contributed by atoms with van der Waals surface area (Å²) >= 11 is 0. The molecule has 1 heterocycles. The standard InChI is InChI=1S/C19H17FN2O4/c1-22-10-15(18(23)21-12-6-4-11(20)5-7-12)13-8-16(25-2)17(26-3)9-14(13)19(22)24/h4-10H,1-3H3,(H,21,23). The van der Waals surface area contributed by atoms with E-state index in [0.29, 0.717) is 28.0 Å². The number of methoxy groups -OCH3 is 2. The summed E-state index contributed by atoms with van der Waals surface area (Å²) in [6.07, 6.45) is 1.45. The van der Waals surface area contributed by atoms with Crippen molar-refractivity contribution in [2.75, 3.05) is 19.5 Å². The van der Waals surface area contributed by atoms with Crippen LogP contribution in [0, 0.1) is 5.82 Å². The van der Waals surface area contributed by atoms with Crippen LogP contribution < -0.4 is 20.3 Å². The average molecular weight is 356 g/mol. The van der Waals surface area contributed by atoms with E-state index < -0.39 is 11.7 Å². The quantitative estimate of drug-likeness (QED) is 0.780. The number of hydrogen-bond donors (Lipinski definition) is 1. The van der Waals surface area contributed by atoms with E-state index in [1.807, 2.05) is 0 Å². The van der Waals surface area contributed by atoms with E-state index in [9.17, 15) is 14.0 Å². The lowest BCUT2D eigenvalue weighted by atomic mass is 10.1. The topological polar surface area (TPSA) is 69.6 Å². The molecular formula is C19H17FN2O4. The highest BCUT2D eigenvalue weighted by Crippen LogP contribution is 2.32. The number of carbonyl (C=O) groups excluding carboxylic acids is 1. The molecule has 26 heavy (non-hydrogen) atoms. The van der Waals surface area contributed by atoms with E-state index in [0.717, 1.165) is 0 Å². The number of aryl methyl sites for hydroxylation is 1. The first-order valence-electron chi connectivity index (χ1n) is 7.77. The zero-order chi connectivity index (χ0) is 18.8. The largest absolute Gasteiger partial charge is 0.493 e. The zero-order valence-corrected chi connectivity index (χ0v) is 14.5. The van der Waals surface area contributed by atoms with Crippen LogP contribution >= 0.6 is 0 Å². The van der Waals surface area contributed by atoms with Crippen molar-refractivity contribution >= 4 is 22.4 Å². The smallest absolute Gasteiger partial charge is 0.258 e. The van der Waals surface area contributed by atoms with Crippen molar-refractivity contribution in [3.8, 4) is 11.5 Å². The van der Waals surface area contributed by atoms with Gasteiger partial charge in [-0.1, -0.05) is 0 Å². The molecule has 7 heteroatoms. The molecule has 1 aromatic heterocycles. The molecule has 0 aliphatic carbocycles. The first-order chi connectivity index (χ1) is 12.4. The SMILES string of the molecule is COc1cc2c(C(=O)Nc3ccc(F)cc3)cn(C)c(=O)c2cc1OC. The molecule has 134 valence electrons. The van der Waals surface area contributed by atoms with Crippen LogP contribution in [0.3, 0.4) is 0 Å². The lowest BCUT2D eigenvalue weighted by molar-refractivity contribution is 0.102. The Labute approximate surface area is 148 Å². The number of halogens is 1. The molecule has 6 nitrogen and oxygen atoms in total. The molecule has 0 aliphatic heterocycles. The van der Waals surface area contributed by atoms with Crippen LogP contribution in [0.25, 0.3) is 10.8 Å². The van der Waals surface area contributed by atoms with Gasteiger partial charge in [-0.05, 0) is 36.4 Å². The van der Waals surface area contributed by atoms with Gasteiger partial charge in [-0.3, -0.25) is 9.59 Å². The number of aromatic nitrogens is 1. The summed E-state index contributed by atoms with van der Waals surface area (Å²) in [4.78, 5) is 25.2. The third-order valence-corrected chi connectivity index (χ3v) is 4.03. The number of carbonyl (C=O) groups is 1. The molecule has 0 saturated heterocycles. The minimum absolute atomic E-state index is 0.265. The molecule has 0 bridgehead atoms. The Morgan fingerprint density at radius 2 is 1.62 bits per heavy atom. The van der Waals surface area contributed by atoms with Gasteiger partial charge in [0.05, 0.1) is 25.2 Å². The summed E-state index contributed by atoms with van der Waals surface area (Å²) in [6, 6.07) is 8.56. The Hall–Kier alpha value is -3.35. The van der Waals surface area contributed by atoms with Gasteiger partial charge < -0.3 is 19.4 Å². The van der Waals surface area contributed by atoms with Crippen molar-refractivity contribution in [2.45, 2.75) is 0 Å². The van der Waals surface area contributed by atoms with E-state index in [1.165, 1.54) is 49.2 Å². The van der Waals surface area contributed by atoms with Crippen LogP contribution in [0.15, 0.2) is 47.4 Å². The van der Waals surface area contributed by atoms with E-state index in [1.54, 1.807) is 19.2 Å². The fourth-order valence-electron chi connectivity index (χ4n) is 2.70. The van der Waals surface area contributed by atoms with Crippen molar-refractivity contribution < 1.29 is 18.7 Å². The maximum absolute atomic E-state index is 13.0. The van der Waals surface area contributed by atoms with Gasteiger partial charge in [0.15, 0.2) is 11.5 Å². The van der Waals surface area contributed by atoms with E-state index in [-0.39, 0.29) is 11.1 Å². The summed E-state index contributed by atoms with van der Waals surface area (Å²) in [6.45, 7) is 0. The van der Waals surface area contributed by atoms with Gasteiger partial charge in [-0.2, -0.15) is 0 Å². The van der Waals surface area contributed by atoms with Crippen LogP contribution in [0.4, 0.5) is 10.1 Å². The normalized spacial score (nSPS) is 10.6. The maximum atomic E-state index is 13.0. The average Bonchev–Trinajstić information content (AvgIpc) is 2.65. The Morgan fingerprint density at radius 1 is 1.04 bits per heavy atom. The fraction of sp³-hybridized carbons (Fsp3) is 0.158. The van der Waals surface area contributed by atoms with Crippen molar-refractivity contribution in [2.24, 2.45) is 7.05 Å².